The van der Waals surface area contributed by atoms with Crippen molar-refractivity contribution >= 4 is 39.0 Å². The summed E-state index contributed by atoms with van der Waals surface area (Å²) in [6, 6.07) is 6.29. The second-order valence-corrected chi connectivity index (χ2v) is 10.0. The first-order valence-electron chi connectivity index (χ1n) is 10.1. The molecular formula is C21H22FN5O4S2. The smallest absolute Gasteiger partial charge is 0.427 e. The lowest BCUT2D eigenvalue weighted by Gasteiger charge is -2.31. The first-order valence-corrected chi connectivity index (χ1v) is 12.5. The Morgan fingerprint density at radius 1 is 1.33 bits per heavy atom. The molecule has 0 bridgehead atoms. The quantitative estimate of drug-likeness (QED) is 0.490. The maximum atomic E-state index is 14.5. The first-order chi connectivity index (χ1) is 15.8. The van der Waals surface area contributed by atoms with Crippen LogP contribution < -0.4 is 9.62 Å². The number of rotatable bonds is 8. The van der Waals surface area contributed by atoms with Gasteiger partial charge in [-0.1, -0.05) is 12.1 Å². The summed E-state index contributed by atoms with van der Waals surface area (Å²) in [5.74, 6) is -0.533. The minimum Gasteiger partial charge on any atom is -0.464 e. The number of benzene rings is 1. The molecule has 0 atom stereocenters. The van der Waals surface area contributed by atoms with Crippen molar-refractivity contribution in [3.8, 4) is 0 Å². The summed E-state index contributed by atoms with van der Waals surface area (Å²) in [6.45, 7) is 4.53. The fourth-order valence-electron chi connectivity index (χ4n) is 3.49. The predicted octanol–water partition coefficient (Wildman–Crippen LogP) is 3.68. The summed E-state index contributed by atoms with van der Waals surface area (Å²) >= 11 is 1.07. The van der Waals surface area contributed by atoms with Gasteiger partial charge in [0.1, 0.15) is 5.82 Å². The number of nitrogens with zero attached hydrogens (tertiary/aromatic N) is 4. The molecule has 174 valence electrons. The second kappa shape index (κ2) is 9.41. The molecule has 0 radical (unpaired) electrons. The highest BCUT2D eigenvalue weighted by Crippen LogP contribution is 2.26. The number of thiazole rings is 1. The highest BCUT2D eigenvalue weighted by atomic mass is 32.2. The van der Waals surface area contributed by atoms with E-state index >= 15 is 0 Å². The van der Waals surface area contributed by atoms with E-state index in [2.05, 4.69) is 20.2 Å². The van der Waals surface area contributed by atoms with Crippen molar-refractivity contribution in [3.63, 3.8) is 0 Å². The standard InChI is InChI=1S/C21H22FN5O4S2/c1-14-8-20(33(30,31)27(21(28)29)19-12-32-13-25-19)24-10-18(14)23-9-16-15(4-2-5-17(16)22)11-26-6-3-7-26/h2,4-5,8,10,12-13,23H,3,6-7,9,11H2,1H3,(H,28,29). The molecule has 0 unspecified atom stereocenters. The molecule has 3 heterocycles. The third kappa shape index (κ3) is 4.82. The average molecular weight is 492 g/mol. The third-order valence-electron chi connectivity index (χ3n) is 5.41. The van der Waals surface area contributed by atoms with E-state index in [9.17, 15) is 22.7 Å². The van der Waals surface area contributed by atoms with Gasteiger partial charge in [-0.2, -0.15) is 8.42 Å². The number of carbonyl (C=O) groups is 1. The van der Waals surface area contributed by atoms with Crippen LogP contribution in [0.4, 0.5) is 20.7 Å². The molecule has 12 heteroatoms. The summed E-state index contributed by atoms with van der Waals surface area (Å²) in [5.41, 5.74) is 3.81. The molecule has 0 aliphatic carbocycles. The Morgan fingerprint density at radius 3 is 2.73 bits per heavy atom. The maximum Gasteiger partial charge on any atom is 0.427 e. The normalized spacial score (nSPS) is 14.0. The minimum atomic E-state index is -4.48. The summed E-state index contributed by atoms with van der Waals surface area (Å²) < 4.78 is 40.5. The molecule has 0 spiro atoms. The van der Waals surface area contributed by atoms with Gasteiger partial charge in [0, 0.05) is 24.0 Å². The molecular weight excluding hydrogens is 469 g/mol. The predicted molar refractivity (Wildman–Crippen MR) is 122 cm³/mol. The van der Waals surface area contributed by atoms with Crippen LogP contribution in [-0.4, -0.2) is 47.6 Å². The Hall–Kier alpha value is -3.09. The highest BCUT2D eigenvalue weighted by molar-refractivity contribution is 7.93. The molecule has 33 heavy (non-hydrogen) atoms. The first kappa shape index (κ1) is 23.1. The number of hydrogen-bond acceptors (Lipinski definition) is 8. The lowest BCUT2D eigenvalue weighted by atomic mass is 10.0. The third-order valence-corrected chi connectivity index (χ3v) is 7.56. The molecule has 1 aromatic carbocycles. The second-order valence-electron chi connectivity index (χ2n) is 7.60. The number of hydrogen-bond donors (Lipinski definition) is 2. The Bertz CT molecular complexity index is 1260. The molecule has 9 nitrogen and oxygen atoms in total. The zero-order chi connectivity index (χ0) is 23.6. The van der Waals surface area contributed by atoms with Crippen LogP contribution in [0.1, 0.15) is 23.1 Å². The van der Waals surface area contributed by atoms with E-state index in [4.69, 9.17) is 0 Å². The lowest BCUT2D eigenvalue weighted by molar-refractivity contribution is 0.172. The van der Waals surface area contributed by atoms with E-state index in [0.29, 0.717) is 23.4 Å². The topological polar surface area (TPSA) is 116 Å². The van der Waals surface area contributed by atoms with Crippen molar-refractivity contribution in [1.29, 1.82) is 0 Å². The van der Waals surface area contributed by atoms with Crippen LogP contribution in [0.2, 0.25) is 0 Å². The van der Waals surface area contributed by atoms with Crippen LogP contribution in [0, 0.1) is 12.7 Å². The van der Waals surface area contributed by atoms with E-state index in [-0.39, 0.29) is 22.5 Å². The van der Waals surface area contributed by atoms with Crippen LogP contribution in [0.5, 0.6) is 0 Å². The monoisotopic (exact) mass is 491 g/mol. The van der Waals surface area contributed by atoms with E-state index in [0.717, 1.165) is 36.4 Å². The molecule has 1 saturated heterocycles. The van der Waals surface area contributed by atoms with Crippen LogP contribution >= 0.6 is 11.3 Å². The van der Waals surface area contributed by atoms with Crippen LogP contribution in [0.3, 0.4) is 0 Å². The number of anilines is 2. The largest absolute Gasteiger partial charge is 0.464 e. The number of amides is 1. The van der Waals surface area contributed by atoms with Gasteiger partial charge in [0.15, 0.2) is 10.8 Å². The summed E-state index contributed by atoms with van der Waals surface area (Å²) in [4.78, 5) is 21.6. The Labute approximate surface area is 194 Å². The number of pyridine rings is 1. The van der Waals surface area contributed by atoms with E-state index in [1.165, 1.54) is 29.2 Å². The number of sulfonamides is 1. The number of nitrogens with one attached hydrogen (secondary N) is 1. The van der Waals surface area contributed by atoms with E-state index in [1.54, 1.807) is 13.0 Å². The average Bonchev–Trinajstić information content (AvgIpc) is 3.24. The zero-order valence-corrected chi connectivity index (χ0v) is 19.4. The Balaban J connectivity index is 1.55. The number of aryl methyl sites for hydroxylation is 1. The van der Waals surface area contributed by atoms with Gasteiger partial charge in [0.2, 0.25) is 0 Å². The van der Waals surface area contributed by atoms with Crippen molar-refractivity contribution in [3.05, 3.63) is 63.9 Å². The van der Waals surface area contributed by atoms with Crippen molar-refractivity contribution in [1.82, 2.24) is 14.9 Å². The van der Waals surface area contributed by atoms with Crippen LogP contribution in [0.25, 0.3) is 0 Å². The van der Waals surface area contributed by atoms with E-state index in [1.807, 2.05) is 6.07 Å². The van der Waals surface area contributed by atoms with Crippen molar-refractivity contribution in [2.75, 3.05) is 22.7 Å². The van der Waals surface area contributed by atoms with Gasteiger partial charge < -0.3 is 10.4 Å². The van der Waals surface area contributed by atoms with Crippen molar-refractivity contribution in [2.24, 2.45) is 0 Å². The molecule has 1 aliphatic heterocycles. The fourth-order valence-corrected chi connectivity index (χ4v) is 5.33. The molecule has 1 amide bonds. The Kier molecular flexibility index (Phi) is 6.58. The van der Waals surface area contributed by atoms with Gasteiger partial charge in [0.05, 0.1) is 17.4 Å². The molecule has 4 rings (SSSR count). The van der Waals surface area contributed by atoms with Gasteiger partial charge in [-0.25, -0.2) is 19.2 Å². The number of likely N-dealkylation sites (tertiary alicyclic amines) is 1. The molecule has 3 aromatic rings. The molecule has 1 fully saturated rings. The van der Waals surface area contributed by atoms with Crippen molar-refractivity contribution < 1.29 is 22.7 Å². The molecule has 2 aromatic heterocycles. The molecule has 1 aliphatic rings. The van der Waals surface area contributed by atoms with Gasteiger partial charge in [-0.3, -0.25) is 4.90 Å². The lowest BCUT2D eigenvalue weighted by Crippen LogP contribution is -2.36. The number of aromatic nitrogens is 2. The fraction of sp³-hybridized carbons (Fsp3) is 0.286. The maximum absolute atomic E-state index is 14.5. The number of carboxylic acid groups (broad SMARTS) is 1. The number of halogens is 1. The van der Waals surface area contributed by atoms with Gasteiger partial charge >= 0.3 is 6.09 Å². The molecule has 0 saturated carbocycles. The summed E-state index contributed by atoms with van der Waals surface area (Å²) in [6.07, 6.45) is 0.765. The zero-order valence-electron chi connectivity index (χ0n) is 17.7. The van der Waals surface area contributed by atoms with Gasteiger partial charge in [0.25, 0.3) is 10.0 Å². The Morgan fingerprint density at radius 2 is 2.12 bits per heavy atom. The highest BCUT2D eigenvalue weighted by Gasteiger charge is 2.33. The van der Waals surface area contributed by atoms with Crippen molar-refractivity contribution in [2.45, 2.75) is 31.5 Å². The van der Waals surface area contributed by atoms with Crippen LogP contribution in [0.15, 0.2) is 46.4 Å². The summed E-state index contributed by atoms with van der Waals surface area (Å²) in [5, 5.41) is 13.5. The van der Waals surface area contributed by atoms with Crippen LogP contribution in [-0.2, 0) is 23.1 Å². The summed E-state index contributed by atoms with van der Waals surface area (Å²) in [7, 11) is -4.48. The van der Waals surface area contributed by atoms with Gasteiger partial charge in [-0.15, -0.1) is 15.6 Å². The molecule has 2 N–H and O–H groups in total. The SMILES string of the molecule is Cc1cc(S(=O)(=O)N(C(=O)O)c2cscn2)ncc1NCc1c(F)cccc1CN1CCC1. The van der Waals surface area contributed by atoms with Gasteiger partial charge in [-0.05, 0) is 49.7 Å². The minimum absolute atomic E-state index is 0.194. The van der Waals surface area contributed by atoms with E-state index < -0.39 is 21.1 Å².